The summed E-state index contributed by atoms with van der Waals surface area (Å²) in [6.45, 7) is 0.151. The van der Waals surface area contributed by atoms with E-state index in [0.717, 1.165) is 22.3 Å². The number of halogens is 2. The van der Waals surface area contributed by atoms with Crippen LogP contribution in [0.5, 0.6) is 5.88 Å². The molecule has 1 N–H and O–H groups in total. The van der Waals surface area contributed by atoms with Crippen molar-refractivity contribution in [3.63, 3.8) is 0 Å². The van der Waals surface area contributed by atoms with Gasteiger partial charge in [-0.2, -0.15) is 0 Å². The predicted octanol–water partition coefficient (Wildman–Crippen LogP) is 3.26. The van der Waals surface area contributed by atoms with Gasteiger partial charge in [-0.1, -0.05) is 28.1 Å². The third-order valence-electron chi connectivity index (χ3n) is 2.31. The van der Waals surface area contributed by atoms with Crippen molar-refractivity contribution in [2.24, 2.45) is 0 Å². The van der Waals surface area contributed by atoms with Gasteiger partial charge in [-0.05, 0) is 23.8 Å². The molecule has 2 aromatic rings. The summed E-state index contributed by atoms with van der Waals surface area (Å²) in [5.41, 5.74) is 0.548. The average molecular weight is 326 g/mol. The van der Waals surface area contributed by atoms with Crippen LogP contribution >= 0.6 is 15.9 Å². The van der Waals surface area contributed by atoms with Gasteiger partial charge in [0, 0.05) is 4.47 Å². The second-order valence-corrected chi connectivity index (χ2v) is 4.65. The zero-order chi connectivity index (χ0) is 13.8. The maximum Gasteiger partial charge on any atom is 0.341 e. The summed E-state index contributed by atoms with van der Waals surface area (Å²) in [7, 11) is 0. The summed E-state index contributed by atoms with van der Waals surface area (Å²) >= 11 is 3.32. The zero-order valence-electron chi connectivity index (χ0n) is 9.64. The third-order valence-corrected chi connectivity index (χ3v) is 2.81. The van der Waals surface area contributed by atoms with Crippen LogP contribution in [-0.2, 0) is 6.61 Å². The molecule has 0 saturated heterocycles. The summed E-state index contributed by atoms with van der Waals surface area (Å²) < 4.78 is 19.1. The Morgan fingerprint density at radius 3 is 2.89 bits per heavy atom. The van der Waals surface area contributed by atoms with Crippen LogP contribution in [0.1, 0.15) is 15.9 Å². The molecule has 1 aromatic carbocycles. The van der Waals surface area contributed by atoms with Crippen molar-refractivity contribution in [1.82, 2.24) is 4.98 Å². The van der Waals surface area contributed by atoms with Gasteiger partial charge in [-0.3, -0.25) is 0 Å². The Bertz CT molecular complexity index is 619. The van der Waals surface area contributed by atoms with E-state index in [0.29, 0.717) is 0 Å². The number of carboxylic acid groups (broad SMARTS) is 1. The molecule has 1 aromatic heterocycles. The van der Waals surface area contributed by atoms with Crippen molar-refractivity contribution in [3.8, 4) is 5.88 Å². The molecule has 0 amide bonds. The zero-order valence-corrected chi connectivity index (χ0v) is 11.2. The highest BCUT2D eigenvalue weighted by atomic mass is 79.9. The molecule has 6 heteroatoms. The fourth-order valence-corrected chi connectivity index (χ4v) is 1.92. The van der Waals surface area contributed by atoms with Gasteiger partial charge in [0.05, 0.1) is 6.20 Å². The van der Waals surface area contributed by atoms with Crippen LogP contribution < -0.4 is 4.74 Å². The van der Waals surface area contributed by atoms with Gasteiger partial charge in [0.25, 0.3) is 0 Å². The molecule has 0 radical (unpaired) electrons. The molecule has 4 nitrogen and oxygen atoms in total. The van der Waals surface area contributed by atoms with Crippen LogP contribution in [0.2, 0.25) is 0 Å². The van der Waals surface area contributed by atoms with E-state index in [-0.39, 0.29) is 18.1 Å². The molecule has 2 rings (SSSR count). The van der Waals surface area contributed by atoms with Crippen LogP contribution in [0, 0.1) is 5.82 Å². The second-order valence-electron chi connectivity index (χ2n) is 3.73. The maximum atomic E-state index is 12.9. The van der Waals surface area contributed by atoms with Crippen molar-refractivity contribution in [3.05, 3.63) is 57.9 Å². The second kappa shape index (κ2) is 5.79. The van der Waals surface area contributed by atoms with Crippen molar-refractivity contribution in [1.29, 1.82) is 0 Å². The lowest BCUT2D eigenvalue weighted by Gasteiger charge is -2.08. The van der Waals surface area contributed by atoms with Crippen LogP contribution in [-0.4, -0.2) is 16.1 Å². The largest absolute Gasteiger partial charge is 0.477 e. The van der Waals surface area contributed by atoms with E-state index in [9.17, 15) is 9.18 Å². The van der Waals surface area contributed by atoms with Gasteiger partial charge in [0.1, 0.15) is 18.0 Å². The molecule has 98 valence electrons. The SMILES string of the molecule is O=C(O)c1cc(F)cnc1OCc1cccc(Br)c1. The van der Waals surface area contributed by atoms with Gasteiger partial charge in [-0.25, -0.2) is 14.2 Å². The number of benzene rings is 1. The van der Waals surface area contributed by atoms with Gasteiger partial charge in [-0.15, -0.1) is 0 Å². The van der Waals surface area contributed by atoms with E-state index in [2.05, 4.69) is 20.9 Å². The number of ether oxygens (including phenoxy) is 1. The first-order chi connectivity index (χ1) is 9.06. The first-order valence-corrected chi connectivity index (χ1v) is 6.11. The molecule has 0 aliphatic carbocycles. The van der Waals surface area contributed by atoms with E-state index in [1.807, 2.05) is 24.3 Å². The van der Waals surface area contributed by atoms with Gasteiger partial charge in [0.15, 0.2) is 0 Å². The highest BCUT2D eigenvalue weighted by Gasteiger charge is 2.14. The number of hydrogen-bond donors (Lipinski definition) is 1. The highest BCUT2D eigenvalue weighted by molar-refractivity contribution is 9.10. The Kier molecular flexibility index (Phi) is 4.11. The van der Waals surface area contributed by atoms with Gasteiger partial charge < -0.3 is 9.84 Å². The van der Waals surface area contributed by atoms with E-state index in [1.54, 1.807) is 0 Å². The number of rotatable bonds is 4. The molecule has 0 saturated carbocycles. The van der Waals surface area contributed by atoms with Crippen LogP contribution in [0.3, 0.4) is 0 Å². The third kappa shape index (κ3) is 3.51. The molecule has 19 heavy (non-hydrogen) atoms. The van der Waals surface area contributed by atoms with E-state index in [4.69, 9.17) is 9.84 Å². The van der Waals surface area contributed by atoms with E-state index >= 15 is 0 Å². The van der Waals surface area contributed by atoms with Gasteiger partial charge >= 0.3 is 5.97 Å². The Labute approximate surface area is 117 Å². The number of aromatic carboxylic acids is 1. The quantitative estimate of drug-likeness (QED) is 0.937. The number of pyridine rings is 1. The van der Waals surface area contributed by atoms with Crippen molar-refractivity contribution < 1.29 is 19.0 Å². The molecule has 0 aliphatic rings. The fraction of sp³-hybridized carbons (Fsp3) is 0.0769. The smallest absolute Gasteiger partial charge is 0.341 e. The molecule has 0 fully saturated rings. The number of carbonyl (C=O) groups is 1. The average Bonchev–Trinajstić information content (AvgIpc) is 2.37. The lowest BCUT2D eigenvalue weighted by atomic mass is 10.2. The lowest BCUT2D eigenvalue weighted by Crippen LogP contribution is -2.06. The van der Waals surface area contributed by atoms with Crippen molar-refractivity contribution >= 4 is 21.9 Å². The Balaban J connectivity index is 2.17. The Morgan fingerprint density at radius 2 is 2.21 bits per heavy atom. The standard InChI is InChI=1S/C13H9BrFNO3/c14-9-3-1-2-8(4-9)7-19-12-11(13(17)18)5-10(15)6-16-12/h1-6H,7H2,(H,17,18). The molecule has 0 unspecified atom stereocenters. The molecule has 0 bridgehead atoms. The molecular formula is C13H9BrFNO3. The summed E-state index contributed by atoms with van der Waals surface area (Å²) in [5, 5.41) is 8.94. The summed E-state index contributed by atoms with van der Waals surface area (Å²) in [5.74, 6) is -2.10. The number of carboxylic acids is 1. The minimum absolute atomic E-state index is 0.103. The van der Waals surface area contributed by atoms with Crippen molar-refractivity contribution in [2.75, 3.05) is 0 Å². The number of nitrogens with zero attached hydrogens (tertiary/aromatic N) is 1. The number of aromatic nitrogens is 1. The Morgan fingerprint density at radius 1 is 1.42 bits per heavy atom. The molecule has 0 aliphatic heterocycles. The van der Waals surface area contributed by atoms with Crippen molar-refractivity contribution in [2.45, 2.75) is 6.61 Å². The topological polar surface area (TPSA) is 59.4 Å². The first-order valence-electron chi connectivity index (χ1n) is 5.32. The maximum absolute atomic E-state index is 12.9. The molecular weight excluding hydrogens is 317 g/mol. The first kappa shape index (κ1) is 13.5. The highest BCUT2D eigenvalue weighted by Crippen LogP contribution is 2.18. The predicted molar refractivity (Wildman–Crippen MR) is 69.6 cm³/mol. The van der Waals surface area contributed by atoms with Gasteiger partial charge in [0.2, 0.25) is 5.88 Å². The summed E-state index contributed by atoms with van der Waals surface area (Å²) in [4.78, 5) is 14.6. The Hall–Kier alpha value is -1.95. The van der Waals surface area contributed by atoms with Crippen LogP contribution in [0.15, 0.2) is 41.0 Å². The normalized spacial score (nSPS) is 10.2. The monoisotopic (exact) mass is 325 g/mol. The van der Waals surface area contributed by atoms with Crippen LogP contribution in [0.25, 0.3) is 0 Å². The molecule has 0 spiro atoms. The van der Waals surface area contributed by atoms with Crippen LogP contribution in [0.4, 0.5) is 4.39 Å². The minimum Gasteiger partial charge on any atom is -0.477 e. The fourth-order valence-electron chi connectivity index (χ4n) is 1.47. The minimum atomic E-state index is -1.28. The molecule has 0 atom stereocenters. The van der Waals surface area contributed by atoms with E-state index in [1.165, 1.54) is 0 Å². The molecule has 1 heterocycles. The summed E-state index contributed by atoms with van der Waals surface area (Å²) in [6.07, 6.45) is 0.919. The summed E-state index contributed by atoms with van der Waals surface area (Å²) in [6, 6.07) is 8.24. The lowest BCUT2D eigenvalue weighted by molar-refractivity contribution is 0.0690. The number of hydrogen-bond acceptors (Lipinski definition) is 3. The van der Waals surface area contributed by atoms with E-state index < -0.39 is 11.8 Å².